The van der Waals surface area contributed by atoms with Crippen LogP contribution < -0.4 is 5.32 Å². The van der Waals surface area contributed by atoms with Crippen LogP contribution in [0.3, 0.4) is 0 Å². The number of aromatic nitrogens is 2. The normalized spacial score (nSPS) is 10.2. The highest BCUT2D eigenvalue weighted by atomic mass is 16.1. The fourth-order valence-electron chi connectivity index (χ4n) is 2.01. The van der Waals surface area contributed by atoms with Gasteiger partial charge in [0.2, 0.25) is 0 Å². The number of para-hydroxylation sites is 1. The van der Waals surface area contributed by atoms with Crippen molar-refractivity contribution >= 4 is 17.2 Å². The Labute approximate surface area is 115 Å². The lowest BCUT2D eigenvalue weighted by atomic mass is 10.2. The van der Waals surface area contributed by atoms with Gasteiger partial charge in [0.15, 0.2) is 0 Å². The summed E-state index contributed by atoms with van der Waals surface area (Å²) in [4.78, 5) is 16.5. The van der Waals surface area contributed by atoms with Gasteiger partial charge in [-0.25, -0.2) is 4.98 Å². The van der Waals surface area contributed by atoms with Crippen molar-refractivity contribution in [2.45, 2.75) is 0 Å². The number of nitrogens with zero attached hydrogens (tertiary/aromatic N) is 3. The third-order valence-corrected chi connectivity index (χ3v) is 2.96. The second kappa shape index (κ2) is 4.86. The van der Waals surface area contributed by atoms with Crippen LogP contribution in [-0.4, -0.2) is 15.3 Å². The topological polar surface area (TPSA) is 70.2 Å². The van der Waals surface area contributed by atoms with E-state index in [1.165, 1.54) is 0 Å². The molecule has 0 atom stereocenters. The Bertz CT molecular complexity index is 829. The third-order valence-electron chi connectivity index (χ3n) is 2.96. The SMILES string of the molecule is N#Cc1ccccc1NC(=O)c1cccc2nccn12. The molecule has 3 rings (SSSR count). The zero-order valence-corrected chi connectivity index (χ0v) is 10.4. The smallest absolute Gasteiger partial charge is 0.272 e. The summed E-state index contributed by atoms with van der Waals surface area (Å²) >= 11 is 0. The molecule has 0 saturated carbocycles. The van der Waals surface area contributed by atoms with E-state index >= 15 is 0 Å². The second-order valence-corrected chi connectivity index (χ2v) is 4.18. The maximum atomic E-state index is 12.3. The van der Waals surface area contributed by atoms with E-state index in [4.69, 9.17) is 5.26 Å². The largest absolute Gasteiger partial charge is 0.319 e. The fourth-order valence-corrected chi connectivity index (χ4v) is 2.01. The van der Waals surface area contributed by atoms with Crippen LogP contribution in [0.25, 0.3) is 5.65 Å². The average molecular weight is 262 g/mol. The zero-order chi connectivity index (χ0) is 13.9. The number of rotatable bonds is 2. The summed E-state index contributed by atoms with van der Waals surface area (Å²) in [5.41, 5.74) is 2.09. The molecule has 1 N–H and O–H groups in total. The van der Waals surface area contributed by atoms with Crippen LogP contribution in [0.5, 0.6) is 0 Å². The molecular weight excluding hydrogens is 252 g/mol. The average Bonchev–Trinajstić information content (AvgIpc) is 2.96. The minimum absolute atomic E-state index is 0.281. The summed E-state index contributed by atoms with van der Waals surface area (Å²) in [5.74, 6) is -0.281. The van der Waals surface area contributed by atoms with Crippen molar-refractivity contribution < 1.29 is 4.79 Å². The van der Waals surface area contributed by atoms with Crippen molar-refractivity contribution in [1.82, 2.24) is 9.38 Å². The molecule has 5 heteroatoms. The molecule has 0 bridgehead atoms. The number of amides is 1. The van der Waals surface area contributed by atoms with E-state index in [1.54, 1.807) is 53.2 Å². The summed E-state index contributed by atoms with van der Waals surface area (Å²) < 4.78 is 1.70. The van der Waals surface area contributed by atoms with E-state index in [0.717, 1.165) is 0 Å². The van der Waals surface area contributed by atoms with Crippen molar-refractivity contribution in [3.8, 4) is 6.07 Å². The maximum Gasteiger partial charge on any atom is 0.272 e. The van der Waals surface area contributed by atoms with Gasteiger partial charge < -0.3 is 5.32 Å². The molecule has 0 unspecified atom stereocenters. The molecule has 5 nitrogen and oxygen atoms in total. The predicted molar refractivity (Wildman–Crippen MR) is 74.3 cm³/mol. The van der Waals surface area contributed by atoms with Crippen LogP contribution in [0.4, 0.5) is 5.69 Å². The first kappa shape index (κ1) is 11.9. The molecule has 0 saturated heterocycles. The monoisotopic (exact) mass is 262 g/mol. The standard InChI is InChI=1S/C15H10N4O/c16-10-11-4-1-2-5-12(11)18-15(20)13-6-3-7-14-17-8-9-19(13)14/h1-9H,(H,18,20). The highest BCUT2D eigenvalue weighted by molar-refractivity contribution is 6.04. The molecule has 1 amide bonds. The van der Waals surface area contributed by atoms with Crippen LogP contribution >= 0.6 is 0 Å². The number of nitriles is 1. The predicted octanol–water partition coefficient (Wildman–Crippen LogP) is 2.46. The minimum atomic E-state index is -0.281. The number of fused-ring (bicyclic) bond motifs is 1. The van der Waals surface area contributed by atoms with Gasteiger partial charge in [-0.2, -0.15) is 5.26 Å². The lowest BCUT2D eigenvalue weighted by Gasteiger charge is -2.08. The highest BCUT2D eigenvalue weighted by Crippen LogP contribution is 2.15. The van der Waals surface area contributed by atoms with E-state index in [0.29, 0.717) is 22.6 Å². The molecule has 0 fully saturated rings. The molecule has 2 heterocycles. The van der Waals surface area contributed by atoms with Gasteiger partial charge in [0.25, 0.3) is 5.91 Å². The number of hydrogen-bond acceptors (Lipinski definition) is 3. The molecule has 0 aliphatic carbocycles. The van der Waals surface area contributed by atoms with Crippen LogP contribution in [-0.2, 0) is 0 Å². The van der Waals surface area contributed by atoms with Crippen molar-refractivity contribution in [2.24, 2.45) is 0 Å². The van der Waals surface area contributed by atoms with Gasteiger partial charge in [-0.05, 0) is 24.3 Å². The molecule has 1 aromatic carbocycles. The number of nitrogens with one attached hydrogen (secondary N) is 1. The van der Waals surface area contributed by atoms with E-state index in [1.807, 2.05) is 6.07 Å². The Morgan fingerprint density at radius 1 is 1.20 bits per heavy atom. The highest BCUT2D eigenvalue weighted by Gasteiger charge is 2.11. The van der Waals surface area contributed by atoms with E-state index in [-0.39, 0.29) is 5.91 Å². The number of imidazole rings is 1. The van der Waals surface area contributed by atoms with E-state index in [9.17, 15) is 4.79 Å². The van der Waals surface area contributed by atoms with Gasteiger partial charge in [0.1, 0.15) is 17.4 Å². The van der Waals surface area contributed by atoms with Gasteiger partial charge in [-0.3, -0.25) is 9.20 Å². The first-order valence-corrected chi connectivity index (χ1v) is 6.02. The Morgan fingerprint density at radius 3 is 2.90 bits per heavy atom. The third kappa shape index (κ3) is 1.99. The summed E-state index contributed by atoms with van der Waals surface area (Å²) in [6.07, 6.45) is 3.36. The van der Waals surface area contributed by atoms with Crippen molar-refractivity contribution in [3.63, 3.8) is 0 Å². The zero-order valence-electron chi connectivity index (χ0n) is 10.4. The lowest BCUT2D eigenvalue weighted by Crippen LogP contribution is -2.16. The molecule has 0 aliphatic heterocycles. The minimum Gasteiger partial charge on any atom is -0.319 e. The van der Waals surface area contributed by atoms with Crippen LogP contribution in [0, 0.1) is 11.3 Å². The Balaban J connectivity index is 1.98. The molecule has 0 aliphatic rings. The maximum absolute atomic E-state index is 12.3. The summed E-state index contributed by atoms with van der Waals surface area (Å²) in [6.45, 7) is 0. The van der Waals surface area contributed by atoms with E-state index in [2.05, 4.69) is 16.4 Å². The fraction of sp³-hybridized carbons (Fsp3) is 0. The summed E-state index contributed by atoms with van der Waals surface area (Å²) in [6, 6.07) is 14.2. The van der Waals surface area contributed by atoms with Crippen molar-refractivity contribution in [1.29, 1.82) is 5.26 Å². The van der Waals surface area contributed by atoms with Gasteiger partial charge in [0, 0.05) is 12.4 Å². The van der Waals surface area contributed by atoms with E-state index < -0.39 is 0 Å². The molecule has 3 aromatic rings. The molecule has 0 spiro atoms. The number of hydrogen-bond donors (Lipinski definition) is 1. The van der Waals surface area contributed by atoms with Crippen LogP contribution in [0.15, 0.2) is 54.9 Å². The molecule has 0 radical (unpaired) electrons. The molecule has 20 heavy (non-hydrogen) atoms. The molecular formula is C15H10N4O. The Morgan fingerprint density at radius 2 is 2.05 bits per heavy atom. The number of carbonyl (C=O) groups excluding carboxylic acids is 1. The molecule has 96 valence electrons. The first-order valence-electron chi connectivity index (χ1n) is 6.02. The lowest BCUT2D eigenvalue weighted by molar-refractivity contribution is 0.102. The van der Waals surface area contributed by atoms with Gasteiger partial charge in [-0.1, -0.05) is 18.2 Å². The van der Waals surface area contributed by atoms with Crippen molar-refractivity contribution in [3.05, 3.63) is 66.1 Å². The molecule has 2 aromatic heterocycles. The van der Waals surface area contributed by atoms with Crippen molar-refractivity contribution in [2.75, 3.05) is 5.32 Å². The number of benzene rings is 1. The summed E-state index contributed by atoms with van der Waals surface area (Å²) in [5, 5.41) is 11.8. The second-order valence-electron chi connectivity index (χ2n) is 4.18. The quantitative estimate of drug-likeness (QED) is 0.771. The van der Waals surface area contributed by atoms with Gasteiger partial charge in [-0.15, -0.1) is 0 Å². The number of anilines is 1. The van der Waals surface area contributed by atoms with Crippen LogP contribution in [0.1, 0.15) is 16.1 Å². The first-order chi connectivity index (χ1) is 9.79. The van der Waals surface area contributed by atoms with Gasteiger partial charge in [0.05, 0.1) is 11.3 Å². The Hall–Kier alpha value is -3.13. The van der Waals surface area contributed by atoms with Crippen LogP contribution in [0.2, 0.25) is 0 Å². The Kier molecular flexibility index (Phi) is 2.90. The summed E-state index contributed by atoms with van der Waals surface area (Å²) in [7, 11) is 0. The van der Waals surface area contributed by atoms with Gasteiger partial charge >= 0.3 is 0 Å². The number of pyridine rings is 1. The number of carbonyl (C=O) groups is 1.